The summed E-state index contributed by atoms with van der Waals surface area (Å²) in [6.07, 6.45) is 1.80. The third kappa shape index (κ3) is 2.14. The van der Waals surface area contributed by atoms with Crippen molar-refractivity contribution in [1.82, 2.24) is 0 Å². The Morgan fingerprint density at radius 3 is 2.67 bits per heavy atom. The van der Waals surface area contributed by atoms with E-state index in [1.54, 1.807) is 37.3 Å². The number of anilines is 2. The summed E-state index contributed by atoms with van der Waals surface area (Å²) in [5.74, 6) is 0. The Bertz CT molecular complexity index is 1050. The van der Waals surface area contributed by atoms with Gasteiger partial charge in [-0.2, -0.15) is 4.73 Å². The zero-order valence-corrected chi connectivity index (χ0v) is 13.9. The summed E-state index contributed by atoms with van der Waals surface area (Å²) in [4.78, 5) is 0. The number of para-hydroxylation sites is 2. The molecule has 1 unspecified atom stereocenters. The molecule has 24 heavy (non-hydrogen) atoms. The molecule has 5 nitrogen and oxygen atoms in total. The van der Waals surface area contributed by atoms with Gasteiger partial charge >= 0.3 is 0 Å². The van der Waals surface area contributed by atoms with E-state index in [1.807, 2.05) is 24.3 Å². The summed E-state index contributed by atoms with van der Waals surface area (Å²) in [5, 5.41) is 12.5. The molecule has 0 amide bonds. The Morgan fingerprint density at radius 1 is 1.12 bits per heavy atom. The van der Waals surface area contributed by atoms with Gasteiger partial charge in [0, 0.05) is 11.5 Å². The third-order valence-corrected chi connectivity index (χ3v) is 6.54. The Morgan fingerprint density at radius 2 is 1.83 bits per heavy atom. The molecule has 4 rings (SSSR count). The van der Waals surface area contributed by atoms with Crippen LogP contribution in [0.1, 0.15) is 12.5 Å². The molecular weight excluding hydrogens is 324 g/mol. The van der Waals surface area contributed by atoms with E-state index in [2.05, 4.69) is 0 Å². The van der Waals surface area contributed by atoms with Crippen molar-refractivity contribution in [2.24, 2.45) is 0 Å². The van der Waals surface area contributed by atoms with Gasteiger partial charge in [0.05, 0.1) is 10.9 Å². The minimum atomic E-state index is -3.57. The highest BCUT2D eigenvalue weighted by Crippen LogP contribution is 2.38. The molecule has 0 bridgehead atoms. The molecule has 1 atom stereocenters. The Labute approximate surface area is 140 Å². The van der Waals surface area contributed by atoms with Crippen molar-refractivity contribution in [3.05, 3.63) is 71.6 Å². The molecule has 122 valence electrons. The Hall–Kier alpha value is -2.60. The molecule has 0 aliphatic carbocycles. The van der Waals surface area contributed by atoms with E-state index in [4.69, 9.17) is 0 Å². The largest absolute Gasteiger partial charge is 0.618 e. The van der Waals surface area contributed by atoms with Crippen LogP contribution in [0, 0.1) is 5.21 Å². The molecule has 6 heteroatoms. The molecule has 0 spiro atoms. The summed E-state index contributed by atoms with van der Waals surface area (Å²) in [5.41, 5.74) is 2.45. The number of hydrogen-bond acceptors (Lipinski definition) is 3. The SMILES string of the molecule is CC1Cc2ccccc2N(c2cc3ccccc3[n+]([O-])c2)S1(=O)=O. The molecule has 3 aromatic rings. The van der Waals surface area contributed by atoms with Crippen LogP contribution in [0.5, 0.6) is 0 Å². The molecular formula is C18H16N2O3S. The summed E-state index contributed by atoms with van der Waals surface area (Å²) in [6, 6.07) is 16.3. The monoisotopic (exact) mass is 340 g/mol. The quantitative estimate of drug-likeness (QED) is 0.505. The smallest absolute Gasteiger partial charge is 0.242 e. The second-order valence-corrected chi connectivity index (χ2v) is 8.24. The number of pyridine rings is 1. The van der Waals surface area contributed by atoms with Crippen molar-refractivity contribution in [1.29, 1.82) is 0 Å². The van der Waals surface area contributed by atoms with Crippen LogP contribution in [0.25, 0.3) is 10.9 Å². The Kier molecular flexibility index (Phi) is 3.25. The zero-order chi connectivity index (χ0) is 16.9. The van der Waals surface area contributed by atoms with Crippen molar-refractivity contribution >= 4 is 32.3 Å². The Balaban J connectivity index is 2.01. The predicted octanol–water partition coefficient (Wildman–Crippen LogP) is 2.89. The minimum Gasteiger partial charge on any atom is -0.618 e. The van der Waals surface area contributed by atoms with Gasteiger partial charge in [0.15, 0.2) is 0 Å². The lowest BCUT2D eigenvalue weighted by atomic mass is 10.1. The van der Waals surface area contributed by atoms with Gasteiger partial charge in [0.25, 0.3) is 0 Å². The first-order valence-electron chi connectivity index (χ1n) is 7.72. The maximum Gasteiger partial charge on any atom is 0.242 e. The average Bonchev–Trinajstić information content (AvgIpc) is 2.56. The van der Waals surface area contributed by atoms with Gasteiger partial charge in [-0.3, -0.25) is 0 Å². The van der Waals surface area contributed by atoms with E-state index < -0.39 is 15.3 Å². The van der Waals surface area contributed by atoms with Gasteiger partial charge < -0.3 is 5.21 Å². The molecule has 1 aliphatic rings. The highest BCUT2D eigenvalue weighted by atomic mass is 32.2. The van der Waals surface area contributed by atoms with Crippen LogP contribution in [-0.2, 0) is 16.4 Å². The minimum absolute atomic E-state index is 0.364. The van der Waals surface area contributed by atoms with Crippen LogP contribution in [0.4, 0.5) is 11.4 Å². The van der Waals surface area contributed by atoms with E-state index >= 15 is 0 Å². The molecule has 1 aromatic heterocycles. The van der Waals surface area contributed by atoms with Gasteiger partial charge in [-0.05, 0) is 37.1 Å². The van der Waals surface area contributed by atoms with Gasteiger partial charge in [0.2, 0.25) is 21.7 Å². The van der Waals surface area contributed by atoms with Crippen molar-refractivity contribution in [3.63, 3.8) is 0 Å². The first-order valence-corrected chi connectivity index (χ1v) is 9.23. The number of aromatic nitrogens is 1. The fourth-order valence-electron chi connectivity index (χ4n) is 3.21. The lowest BCUT2D eigenvalue weighted by Gasteiger charge is -2.33. The summed E-state index contributed by atoms with van der Waals surface area (Å²) in [7, 11) is -3.57. The first-order chi connectivity index (χ1) is 11.5. The lowest BCUT2D eigenvalue weighted by Crippen LogP contribution is -2.41. The summed E-state index contributed by atoms with van der Waals surface area (Å²) in [6.45, 7) is 1.70. The topological polar surface area (TPSA) is 64.3 Å². The van der Waals surface area contributed by atoms with Crippen LogP contribution in [-0.4, -0.2) is 13.7 Å². The molecule has 0 radical (unpaired) electrons. The fraction of sp³-hybridized carbons (Fsp3) is 0.167. The van der Waals surface area contributed by atoms with Crippen molar-refractivity contribution in [3.8, 4) is 0 Å². The highest BCUT2D eigenvalue weighted by molar-refractivity contribution is 7.93. The molecule has 0 saturated carbocycles. The number of hydrogen-bond donors (Lipinski definition) is 0. The second-order valence-electron chi connectivity index (χ2n) is 6.04. The lowest BCUT2D eigenvalue weighted by molar-refractivity contribution is -0.576. The van der Waals surface area contributed by atoms with Crippen LogP contribution in [0.3, 0.4) is 0 Å². The number of benzene rings is 2. The molecule has 0 fully saturated rings. The van der Waals surface area contributed by atoms with E-state index in [-0.39, 0.29) is 0 Å². The highest BCUT2D eigenvalue weighted by Gasteiger charge is 2.37. The standard InChI is InChI=1S/C18H16N2O3S/c1-13-10-14-6-3-5-9-18(14)20(24(13,22)23)16-11-15-7-2-4-8-17(15)19(21)12-16/h2-9,11-13H,10H2,1H3. The van der Waals surface area contributed by atoms with Crippen molar-refractivity contribution in [2.75, 3.05) is 4.31 Å². The molecule has 1 aliphatic heterocycles. The predicted molar refractivity (Wildman–Crippen MR) is 93.6 cm³/mol. The van der Waals surface area contributed by atoms with Crippen LogP contribution < -0.4 is 9.04 Å². The van der Waals surface area contributed by atoms with Crippen LogP contribution in [0.2, 0.25) is 0 Å². The number of sulfonamides is 1. The van der Waals surface area contributed by atoms with E-state index in [0.29, 0.717) is 28.7 Å². The number of fused-ring (bicyclic) bond motifs is 2. The number of nitrogens with zero attached hydrogens (tertiary/aromatic N) is 2. The van der Waals surface area contributed by atoms with Crippen molar-refractivity contribution < 1.29 is 13.1 Å². The summed E-state index contributed by atoms with van der Waals surface area (Å²) < 4.78 is 27.9. The van der Waals surface area contributed by atoms with Gasteiger partial charge in [-0.15, -0.1) is 0 Å². The molecule has 0 N–H and O–H groups in total. The van der Waals surface area contributed by atoms with E-state index in [1.165, 1.54) is 10.5 Å². The maximum absolute atomic E-state index is 12.9. The van der Waals surface area contributed by atoms with Gasteiger partial charge in [-0.1, -0.05) is 30.3 Å². The van der Waals surface area contributed by atoms with Crippen LogP contribution in [0.15, 0.2) is 60.8 Å². The third-order valence-electron chi connectivity index (χ3n) is 4.44. The second kappa shape index (κ2) is 5.21. The normalized spacial score (nSPS) is 19.2. The maximum atomic E-state index is 12.9. The van der Waals surface area contributed by atoms with Gasteiger partial charge in [-0.25, -0.2) is 12.7 Å². The van der Waals surface area contributed by atoms with E-state index in [0.717, 1.165) is 10.3 Å². The average molecular weight is 340 g/mol. The number of rotatable bonds is 1. The molecule has 0 saturated heterocycles. The zero-order valence-electron chi connectivity index (χ0n) is 13.1. The fourth-order valence-corrected chi connectivity index (χ4v) is 4.80. The van der Waals surface area contributed by atoms with Crippen molar-refractivity contribution in [2.45, 2.75) is 18.6 Å². The summed E-state index contributed by atoms with van der Waals surface area (Å²) >= 11 is 0. The molecule has 2 aromatic carbocycles. The first kappa shape index (κ1) is 15.0. The van der Waals surface area contributed by atoms with E-state index in [9.17, 15) is 13.6 Å². The molecule has 2 heterocycles. The van der Waals surface area contributed by atoms with Gasteiger partial charge in [0.1, 0.15) is 5.69 Å². The van der Waals surface area contributed by atoms with Crippen LogP contribution >= 0.6 is 0 Å².